The first-order valence-electron chi connectivity index (χ1n) is 9.03. The molecule has 1 aliphatic heterocycles. The van der Waals surface area contributed by atoms with Gasteiger partial charge in [0.15, 0.2) is 12.7 Å². The Morgan fingerprint density at radius 1 is 1.21 bits per heavy atom. The summed E-state index contributed by atoms with van der Waals surface area (Å²) in [6, 6.07) is 11.2. The quantitative estimate of drug-likeness (QED) is 0.714. The lowest BCUT2D eigenvalue weighted by atomic mass is 10.1. The molecule has 1 saturated heterocycles. The summed E-state index contributed by atoms with van der Waals surface area (Å²) in [5, 5.41) is 3.00. The summed E-state index contributed by atoms with van der Waals surface area (Å²) in [6.45, 7) is 2.01. The van der Waals surface area contributed by atoms with Gasteiger partial charge in [-0.15, -0.1) is 11.3 Å². The van der Waals surface area contributed by atoms with Gasteiger partial charge >= 0.3 is 11.9 Å². The Morgan fingerprint density at radius 2 is 2.00 bits per heavy atom. The van der Waals surface area contributed by atoms with Crippen LogP contribution in [0.4, 0.5) is 5.00 Å². The van der Waals surface area contributed by atoms with Gasteiger partial charge < -0.3 is 19.5 Å². The van der Waals surface area contributed by atoms with Crippen LogP contribution in [0.3, 0.4) is 0 Å². The molecule has 1 aromatic carbocycles. The van der Waals surface area contributed by atoms with Crippen molar-refractivity contribution in [2.75, 3.05) is 25.1 Å². The van der Waals surface area contributed by atoms with Gasteiger partial charge in [-0.1, -0.05) is 30.3 Å². The molecule has 0 saturated carbocycles. The van der Waals surface area contributed by atoms with Gasteiger partial charge in [0.1, 0.15) is 5.00 Å². The van der Waals surface area contributed by atoms with Crippen LogP contribution in [0.5, 0.6) is 0 Å². The molecule has 1 amide bonds. The zero-order chi connectivity index (χ0) is 19.9. The molecular formula is C20H21NO6S. The van der Waals surface area contributed by atoms with E-state index >= 15 is 0 Å². The van der Waals surface area contributed by atoms with Crippen molar-refractivity contribution in [1.82, 2.24) is 0 Å². The molecule has 1 fully saturated rings. The highest BCUT2D eigenvalue weighted by Crippen LogP contribution is 2.35. The van der Waals surface area contributed by atoms with E-state index in [1.807, 2.05) is 30.3 Å². The molecule has 7 nitrogen and oxygen atoms in total. The molecule has 0 bridgehead atoms. The number of esters is 2. The Morgan fingerprint density at radius 3 is 2.68 bits per heavy atom. The minimum absolute atomic E-state index is 0.224. The lowest BCUT2D eigenvalue weighted by molar-refractivity contribution is -0.156. The van der Waals surface area contributed by atoms with E-state index in [4.69, 9.17) is 14.2 Å². The van der Waals surface area contributed by atoms with Crippen molar-refractivity contribution >= 4 is 34.2 Å². The number of anilines is 1. The lowest BCUT2D eigenvalue weighted by Gasteiger charge is -2.10. The van der Waals surface area contributed by atoms with E-state index in [2.05, 4.69) is 5.32 Å². The first kappa shape index (κ1) is 20.0. The molecule has 28 heavy (non-hydrogen) atoms. The van der Waals surface area contributed by atoms with Crippen LogP contribution >= 0.6 is 11.3 Å². The van der Waals surface area contributed by atoms with E-state index in [0.29, 0.717) is 18.0 Å². The zero-order valence-electron chi connectivity index (χ0n) is 15.4. The molecule has 2 heterocycles. The van der Waals surface area contributed by atoms with Gasteiger partial charge in [-0.25, -0.2) is 9.59 Å². The third-order valence-electron chi connectivity index (χ3n) is 4.08. The molecule has 8 heteroatoms. The Labute approximate surface area is 166 Å². The van der Waals surface area contributed by atoms with Crippen LogP contribution in [0.15, 0.2) is 36.4 Å². The minimum atomic E-state index is -0.602. The van der Waals surface area contributed by atoms with Crippen molar-refractivity contribution in [3.05, 3.63) is 42.0 Å². The van der Waals surface area contributed by atoms with Crippen molar-refractivity contribution in [2.24, 2.45) is 0 Å². The van der Waals surface area contributed by atoms with Crippen molar-refractivity contribution in [2.45, 2.75) is 25.9 Å². The number of hydrogen-bond donors (Lipinski definition) is 1. The zero-order valence-corrected chi connectivity index (χ0v) is 16.3. The molecule has 1 aromatic heterocycles. The fraction of sp³-hybridized carbons (Fsp3) is 0.350. The molecule has 0 spiro atoms. The third-order valence-corrected chi connectivity index (χ3v) is 5.18. The number of amides is 1. The van der Waals surface area contributed by atoms with E-state index in [0.717, 1.165) is 16.9 Å². The molecule has 3 rings (SSSR count). The Kier molecular flexibility index (Phi) is 6.78. The minimum Gasteiger partial charge on any atom is -0.462 e. The maximum absolute atomic E-state index is 12.3. The van der Waals surface area contributed by atoms with Gasteiger partial charge in [0.2, 0.25) is 0 Å². The lowest BCUT2D eigenvalue weighted by Crippen LogP contribution is -2.27. The van der Waals surface area contributed by atoms with Gasteiger partial charge in [0.05, 0.1) is 12.2 Å². The third kappa shape index (κ3) is 4.96. The fourth-order valence-electron chi connectivity index (χ4n) is 2.74. The molecular weight excluding hydrogens is 382 g/mol. The highest BCUT2D eigenvalue weighted by atomic mass is 32.1. The van der Waals surface area contributed by atoms with Crippen LogP contribution in [0, 0.1) is 0 Å². The Hall–Kier alpha value is -2.71. The Bertz CT molecular complexity index is 842. The van der Waals surface area contributed by atoms with Gasteiger partial charge in [0.25, 0.3) is 5.91 Å². The van der Waals surface area contributed by atoms with Crippen LogP contribution in [-0.2, 0) is 23.8 Å². The van der Waals surface area contributed by atoms with Crippen molar-refractivity contribution in [3.63, 3.8) is 0 Å². The van der Waals surface area contributed by atoms with Crippen LogP contribution in [-0.4, -0.2) is 43.8 Å². The fourth-order valence-corrected chi connectivity index (χ4v) is 3.81. The molecule has 1 aliphatic rings. The van der Waals surface area contributed by atoms with E-state index in [1.54, 1.807) is 13.0 Å². The standard InChI is InChI=1S/C20H21NO6S/c1-2-25-19(23)14-11-16(13-7-4-3-5-8-13)28-18(14)21-17(22)12-27-20(24)15-9-6-10-26-15/h3-5,7-8,11,15H,2,6,9-10,12H2,1H3,(H,21,22)/t15-/m1/s1. The smallest absolute Gasteiger partial charge is 0.341 e. The van der Waals surface area contributed by atoms with Gasteiger partial charge in [-0.3, -0.25) is 4.79 Å². The summed E-state index contributed by atoms with van der Waals surface area (Å²) < 4.78 is 15.3. The van der Waals surface area contributed by atoms with Gasteiger partial charge in [-0.05, 0) is 31.4 Å². The summed E-state index contributed by atoms with van der Waals surface area (Å²) in [6.07, 6.45) is 0.792. The van der Waals surface area contributed by atoms with Crippen molar-refractivity contribution in [1.29, 1.82) is 0 Å². The van der Waals surface area contributed by atoms with Crippen molar-refractivity contribution in [3.8, 4) is 10.4 Å². The summed E-state index contributed by atoms with van der Waals surface area (Å²) >= 11 is 1.26. The first-order chi connectivity index (χ1) is 13.6. The molecule has 1 atom stereocenters. The van der Waals surface area contributed by atoms with Gasteiger partial charge in [-0.2, -0.15) is 0 Å². The average molecular weight is 403 g/mol. The summed E-state index contributed by atoms with van der Waals surface area (Å²) in [7, 11) is 0. The monoisotopic (exact) mass is 403 g/mol. The number of hydrogen-bond acceptors (Lipinski definition) is 7. The number of nitrogens with one attached hydrogen (secondary N) is 1. The second kappa shape index (κ2) is 9.48. The number of carbonyl (C=O) groups is 3. The summed E-state index contributed by atoms with van der Waals surface area (Å²) in [5.41, 5.74) is 1.19. The number of rotatable bonds is 7. The van der Waals surface area contributed by atoms with Crippen LogP contribution in [0.2, 0.25) is 0 Å². The molecule has 0 unspecified atom stereocenters. The molecule has 0 aliphatic carbocycles. The molecule has 0 radical (unpaired) electrons. The van der Waals surface area contributed by atoms with E-state index in [1.165, 1.54) is 11.3 Å². The summed E-state index contributed by atoms with van der Waals surface area (Å²) in [5.74, 6) is -1.60. The highest BCUT2D eigenvalue weighted by molar-refractivity contribution is 7.20. The maximum atomic E-state index is 12.3. The number of thiophene rings is 1. The molecule has 148 valence electrons. The second-order valence-corrected chi connectivity index (χ2v) is 7.15. The van der Waals surface area contributed by atoms with Crippen LogP contribution in [0.1, 0.15) is 30.1 Å². The predicted molar refractivity (Wildman–Crippen MR) is 104 cm³/mol. The first-order valence-corrected chi connectivity index (χ1v) is 9.84. The number of benzene rings is 1. The van der Waals surface area contributed by atoms with Crippen LogP contribution < -0.4 is 5.32 Å². The number of carbonyl (C=O) groups excluding carboxylic acids is 3. The number of ether oxygens (including phenoxy) is 3. The normalized spacial score (nSPS) is 15.8. The second-order valence-electron chi connectivity index (χ2n) is 6.10. The van der Waals surface area contributed by atoms with Crippen LogP contribution in [0.25, 0.3) is 10.4 Å². The van der Waals surface area contributed by atoms with E-state index in [9.17, 15) is 14.4 Å². The predicted octanol–water partition coefficient (Wildman–Crippen LogP) is 3.25. The average Bonchev–Trinajstić information content (AvgIpc) is 3.37. The topological polar surface area (TPSA) is 90.9 Å². The molecule has 2 aromatic rings. The SMILES string of the molecule is CCOC(=O)c1cc(-c2ccccc2)sc1NC(=O)COC(=O)[C@H]1CCCO1. The van der Waals surface area contributed by atoms with Gasteiger partial charge in [0, 0.05) is 11.5 Å². The molecule has 1 N–H and O–H groups in total. The largest absolute Gasteiger partial charge is 0.462 e. The van der Waals surface area contributed by atoms with Crippen molar-refractivity contribution < 1.29 is 28.6 Å². The van der Waals surface area contributed by atoms with E-state index < -0.39 is 30.6 Å². The summed E-state index contributed by atoms with van der Waals surface area (Å²) in [4.78, 5) is 37.2. The maximum Gasteiger partial charge on any atom is 0.341 e. The Balaban J connectivity index is 1.70. The van der Waals surface area contributed by atoms with E-state index in [-0.39, 0.29) is 12.2 Å². The highest BCUT2D eigenvalue weighted by Gasteiger charge is 2.26.